The maximum absolute atomic E-state index is 5.45. The van der Waals surface area contributed by atoms with Crippen LogP contribution in [-0.4, -0.2) is 16.3 Å². The molecule has 1 nitrogen and oxygen atoms in total. The minimum atomic E-state index is 0.916. The number of hydrogen-bond acceptors (Lipinski definition) is 2. The largest absolute Gasteiger partial charge is 0.366 e. The van der Waals surface area contributed by atoms with Crippen LogP contribution in [0, 0.1) is 0 Å². The minimum Gasteiger partial charge on any atom is -0.366 e. The zero-order valence-corrected chi connectivity index (χ0v) is 10.5. The standard InChI is InChI=1S/C15H15NS/c17-15-8-4-3-7-14(15)16-10-9-12-5-1-2-6-13(12)11-16/h1-7H,8-11H2. The van der Waals surface area contributed by atoms with Gasteiger partial charge in [-0.3, -0.25) is 0 Å². The van der Waals surface area contributed by atoms with Gasteiger partial charge in [-0.2, -0.15) is 0 Å². The molecular weight excluding hydrogens is 226 g/mol. The Morgan fingerprint density at radius 2 is 1.94 bits per heavy atom. The average molecular weight is 241 g/mol. The lowest BCUT2D eigenvalue weighted by molar-refractivity contribution is 0.337. The molecule has 0 bridgehead atoms. The molecule has 0 unspecified atom stereocenters. The Labute approximate surface area is 107 Å². The zero-order chi connectivity index (χ0) is 11.7. The van der Waals surface area contributed by atoms with Gasteiger partial charge in [-0.25, -0.2) is 0 Å². The van der Waals surface area contributed by atoms with E-state index in [0.717, 1.165) is 30.8 Å². The van der Waals surface area contributed by atoms with Gasteiger partial charge in [0.15, 0.2) is 0 Å². The average Bonchev–Trinajstić information content (AvgIpc) is 2.39. The number of rotatable bonds is 1. The molecule has 0 saturated carbocycles. The highest BCUT2D eigenvalue weighted by Gasteiger charge is 2.20. The van der Waals surface area contributed by atoms with Crippen LogP contribution in [0.1, 0.15) is 17.5 Å². The smallest absolute Gasteiger partial charge is 0.0514 e. The number of fused-ring (bicyclic) bond motifs is 1. The fourth-order valence-electron chi connectivity index (χ4n) is 2.51. The molecule has 0 saturated heterocycles. The molecule has 1 aromatic rings. The highest BCUT2D eigenvalue weighted by Crippen LogP contribution is 2.24. The normalized spacial score (nSPS) is 18.9. The molecule has 86 valence electrons. The van der Waals surface area contributed by atoms with E-state index in [1.165, 1.54) is 16.8 Å². The van der Waals surface area contributed by atoms with Crippen molar-refractivity contribution in [3.05, 3.63) is 59.3 Å². The maximum atomic E-state index is 5.45. The Kier molecular flexibility index (Phi) is 2.81. The van der Waals surface area contributed by atoms with E-state index in [0.29, 0.717) is 0 Å². The van der Waals surface area contributed by atoms with Crippen LogP contribution in [0.4, 0.5) is 0 Å². The van der Waals surface area contributed by atoms with Gasteiger partial charge in [0.25, 0.3) is 0 Å². The second kappa shape index (κ2) is 4.46. The van der Waals surface area contributed by atoms with Crippen LogP contribution in [-0.2, 0) is 13.0 Å². The molecule has 0 aromatic heterocycles. The summed E-state index contributed by atoms with van der Waals surface area (Å²) in [7, 11) is 0. The van der Waals surface area contributed by atoms with E-state index < -0.39 is 0 Å². The monoisotopic (exact) mass is 241 g/mol. The number of benzene rings is 1. The van der Waals surface area contributed by atoms with Crippen LogP contribution in [0.25, 0.3) is 0 Å². The van der Waals surface area contributed by atoms with Gasteiger partial charge in [-0.1, -0.05) is 48.6 Å². The second-order valence-corrected chi connectivity index (χ2v) is 5.04. The van der Waals surface area contributed by atoms with E-state index in [4.69, 9.17) is 12.2 Å². The first-order chi connectivity index (χ1) is 8.34. The minimum absolute atomic E-state index is 0.916. The van der Waals surface area contributed by atoms with Gasteiger partial charge in [-0.05, 0) is 23.6 Å². The molecule has 1 aliphatic carbocycles. The summed E-state index contributed by atoms with van der Waals surface area (Å²) in [5.41, 5.74) is 4.18. The lowest BCUT2D eigenvalue weighted by Gasteiger charge is -2.33. The van der Waals surface area contributed by atoms with Crippen molar-refractivity contribution in [2.45, 2.75) is 19.4 Å². The van der Waals surface area contributed by atoms with Crippen molar-refractivity contribution in [2.24, 2.45) is 0 Å². The maximum Gasteiger partial charge on any atom is 0.0514 e. The molecule has 0 atom stereocenters. The van der Waals surface area contributed by atoms with Crippen molar-refractivity contribution in [2.75, 3.05) is 6.54 Å². The molecule has 0 radical (unpaired) electrons. The Morgan fingerprint density at radius 3 is 2.76 bits per heavy atom. The van der Waals surface area contributed by atoms with Crippen molar-refractivity contribution in [3.63, 3.8) is 0 Å². The molecule has 1 heterocycles. The summed E-state index contributed by atoms with van der Waals surface area (Å²) in [5.74, 6) is 0. The zero-order valence-electron chi connectivity index (χ0n) is 9.73. The third-order valence-corrected chi connectivity index (χ3v) is 3.83. The molecule has 2 heteroatoms. The molecule has 0 fully saturated rings. The Bertz CT molecular complexity index is 513. The fourth-order valence-corrected chi connectivity index (χ4v) is 2.81. The predicted octanol–water partition coefficient (Wildman–Crippen LogP) is 3.26. The van der Waals surface area contributed by atoms with Crippen molar-refractivity contribution in [1.82, 2.24) is 4.90 Å². The van der Waals surface area contributed by atoms with E-state index in [-0.39, 0.29) is 0 Å². The van der Waals surface area contributed by atoms with E-state index in [1.807, 2.05) is 0 Å². The van der Waals surface area contributed by atoms with E-state index in [9.17, 15) is 0 Å². The van der Waals surface area contributed by atoms with Crippen molar-refractivity contribution < 1.29 is 0 Å². The molecule has 1 aromatic carbocycles. The summed E-state index contributed by atoms with van der Waals surface area (Å²) in [4.78, 5) is 3.49. The van der Waals surface area contributed by atoms with Crippen LogP contribution < -0.4 is 0 Å². The predicted molar refractivity (Wildman–Crippen MR) is 75.0 cm³/mol. The first-order valence-corrected chi connectivity index (χ1v) is 6.47. The van der Waals surface area contributed by atoms with E-state index in [1.54, 1.807) is 0 Å². The first kappa shape index (κ1) is 10.7. The van der Waals surface area contributed by atoms with Crippen molar-refractivity contribution in [3.8, 4) is 0 Å². The van der Waals surface area contributed by atoms with Gasteiger partial charge in [0.1, 0.15) is 0 Å². The molecule has 0 spiro atoms. The van der Waals surface area contributed by atoms with Crippen LogP contribution in [0.15, 0.2) is 48.2 Å². The highest BCUT2D eigenvalue weighted by atomic mass is 32.1. The van der Waals surface area contributed by atoms with Crippen molar-refractivity contribution in [1.29, 1.82) is 0 Å². The third-order valence-electron chi connectivity index (χ3n) is 3.45. The van der Waals surface area contributed by atoms with Crippen LogP contribution >= 0.6 is 12.2 Å². The second-order valence-electron chi connectivity index (χ2n) is 4.55. The molecule has 17 heavy (non-hydrogen) atoms. The summed E-state index contributed by atoms with van der Waals surface area (Å²) in [6.45, 7) is 2.08. The summed E-state index contributed by atoms with van der Waals surface area (Å²) >= 11 is 5.45. The number of allylic oxidation sites excluding steroid dienone is 4. The Balaban J connectivity index is 1.87. The van der Waals surface area contributed by atoms with Gasteiger partial charge in [-0.15, -0.1) is 0 Å². The third kappa shape index (κ3) is 2.05. The molecule has 0 amide bonds. The molecule has 0 N–H and O–H groups in total. The summed E-state index contributed by atoms with van der Waals surface area (Å²) in [6, 6.07) is 8.71. The Morgan fingerprint density at radius 1 is 1.12 bits per heavy atom. The lowest BCUT2D eigenvalue weighted by atomic mass is 9.98. The number of nitrogens with zero attached hydrogens (tertiary/aromatic N) is 1. The highest BCUT2D eigenvalue weighted by molar-refractivity contribution is 7.80. The van der Waals surface area contributed by atoms with Crippen LogP contribution in [0.2, 0.25) is 0 Å². The van der Waals surface area contributed by atoms with E-state index in [2.05, 4.69) is 47.4 Å². The Hall–Kier alpha value is -1.41. The van der Waals surface area contributed by atoms with Gasteiger partial charge in [0.05, 0.1) is 5.70 Å². The van der Waals surface area contributed by atoms with Crippen LogP contribution in [0.5, 0.6) is 0 Å². The fraction of sp³-hybridized carbons (Fsp3) is 0.267. The molecule has 3 rings (SSSR count). The van der Waals surface area contributed by atoms with E-state index >= 15 is 0 Å². The van der Waals surface area contributed by atoms with Gasteiger partial charge >= 0.3 is 0 Å². The summed E-state index contributed by atoms with van der Waals surface area (Å²) in [5, 5.41) is 0. The first-order valence-electron chi connectivity index (χ1n) is 6.06. The lowest BCUT2D eigenvalue weighted by Crippen LogP contribution is -2.33. The topological polar surface area (TPSA) is 3.24 Å². The quantitative estimate of drug-likeness (QED) is 0.694. The molecule has 2 aliphatic rings. The van der Waals surface area contributed by atoms with Crippen molar-refractivity contribution >= 4 is 17.1 Å². The van der Waals surface area contributed by atoms with Gasteiger partial charge in [0, 0.05) is 24.4 Å². The van der Waals surface area contributed by atoms with Gasteiger partial charge < -0.3 is 4.90 Å². The summed E-state index contributed by atoms with van der Waals surface area (Å²) < 4.78 is 0. The van der Waals surface area contributed by atoms with Gasteiger partial charge in [0.2, 0.25) is 0 Å². The van der Waals surface area contributed by atoms with Crippen LogP contribution in [0.3, 0.4) is 0 Å². The number of thiocarbonyl (C=S) groups is 1. The summed E-state index contributed by atoms with van der Waals surface area (Å²) in [6.07, 6.45) is 8.44. The SMILES string of the molecule is S=C1CC=CC=C1N1CCc2ccccc2C1. The molecular formula is C15H15NS. The number of hydrogen-bond donors (Lipinski definition) is 0. The molecule has 1 aliphatic heterocycles.